The summed E-state index contributed by atoms with van der Waals surface area (Å²) in [6, 6.07) is 5.41. The quantitative estimate of drug-likeness (QED) is 0.846. The number of nitrogens with one attached hydrogen (secondary N) is 1. The highest BCUT2D eigenvalue weighted by atomic mass is 32.2. The number of nitrogens with two attached hydrogens (primary N) is 1. The lowest BCUT2D eigenvalue weighted by molar-refractivity contribution is 0.577. The van der Waals surface area contributed by atoms with E-state index in [-0.39, 0.29) is 6.04 Å². The third-order valence-electron chi connectivity index (χ3n) is 3.19. The van der Waals surface area contributed by atoms with E-state index in [4.69, 9.17) is 5.73 Å². The maximum Gasteiger partial charge on any atom is 0.241 e. The minimum Gasteiger partial charge on any atom is -0.326 e. The van der Waals surface area contributed by atoms with E-state index >= 15 is 0 Å². The van der Waals surface area contributed by atoms with Crippen molar-refractivity contribution in [1.82, 2.24) is 4.72 Å². The molecule has 2 atom stereocenters. The zero-order valence-electron chi connectivity index (χ0n) is 10.1. The van der Waals surface area contributed by atoms with Crippen LogP contribution in [0.4, 0.5) is 0 Å². The maximum atomic E-state index is 12.2. The molecule has 1 aliphatic carbocycles. The minimum absolute atomic E-state index is 0.0981. The molecule has 17 heavy (non-hydrogen) atoms. The summed E-state index contributed by atoms with van der Waals surface area (Å²) in [5.74, 6) is 0.447. The molecular weight excluding hydrogens is 236 g/mol. The normalized spacial score (nSPS) is 23.7. The SMILES string of the molecule is Cc1ccc(CN)cc1S(=O)(=O)NC1CC1C. The Morgan fingerprint density at radius 3 is 2.65 bits per heavy atom. The summed E-state index contributed by atoms with van der Waals surface area (Å²) in [7, 11) is -3.40. The van der Waals surface area contributed by atoms with Crippen LogP contribution in [0.1, 0.15) is 24.5 Å². The Labute approximate surface area is 102 Å². The molecule has 2 unspecified atom stereocenters. The van der Waals surface area contributed by atoms with Crippen molar-refractivity contribution < 1.29 is 8.42 Å². The first-order valence-corrected chi connectivity index (χ1v) is 7.24. The summed E-state index contributed by atoms with van der Waals surface area (Å²) >= 11 is 0. The van der Waals surface area contributed by atoms with Crippen LogP contribution in [-0.2, 0) is 16.6 Å². The number of aryl methyl sites for hydroxylation is 1. The molecule has 0 saturated heterocycles. The number of rotatable bonds is 4. The second-order valence-corrected chi connectivity index (χ2v) is 6.43. The van der Waals surface area contributed by atoms with Crippen LogP contribution in [0.2, 0.25) is 0 Å². The Kier molecular flexibility index (Phi) is 3.25. The van der Waals surface area contributed by atoms with Gasteiger partial charge in [0.1, 0.15) is 0 Å². The topological polar surface area (TPSA) is 72.2 Å². The lowest BCUT2D eigenvalue weighted by Gasteiger charge is -2.10. The third-order valence-corrected chi connectivity index (χ3v) is 4.83. The standard InChI is InChI=1S/C12H18N2O2S/c1-8-3-4-10(7-13)6-12(8)17(15,16)14-11-5-9(11)2/h3-4,6,9,11,14H,5,7,13H2,1-2H3. The molecule has 0 aromatic heterocycles. The Morgan fingerprint density at radius 1 is 1.47 bits per heavy atom. The number of hydrogen-bond acceptors (Lipinski definition) is 3. The average Bonchev–Trinajstić information content (AvgIpc) is 2.93. The van der Waals surface area contributed by atoms with Crippen LogP contribution >= 0.6 is 0 Å². The third kappa shape index (κ3) is 2.68. The highest BCUT2D eigenvalue weighted by molar-refractivity contribution is 7.89. The first-order chi connectivity index (χ1) is 7.94. The molecule has 3 N–H and O–H groups in total. The fourth-order valence-corrected chi connectivity index (χ4v) is 3.46. The van der Waals surface area contributed by atoms with Crippen LogP contribution < -0.4 is 10.5 Å². The number of hydrogen-bond donors (Lipinski definition) is 2. The predicted molar refractivity (Wildman–Crippen MR) is 67.0 cm³/mol. The summed E-state index contributed by atoms with van der Waals surface area (Å²) in [4.78, 5) is 0.347. The van der Waals surface area contributed by atoms with E-state index in [0.29, 0.717) is 17.4 Å². The van der Waals surface area contributed by atoms with E-state index in [2.05, 4.69) is 4.72 Å². The second-order valence-electron chi connectivity index (χ2n) is 4.74. The monoisotopic (exact) mass is 254 g/mol. The second kappa shape index (κ2) is 4.40. The summed E-state index contributed by atoms with van der Waals surface area (Å²) in [6.45, 7) is 4.18. The van der Waals surface area contributed by atoms with Crippen molar-refractivity contribution in [3.05, 3.63) is 29.3 Å². The molecule has 94 valence electrons. The molecule has 0 aliphatic heterocycles. The number of sulfonamides is 1. The van der Waals surface area contributed by atoms with Gasteiger partial charge in [0.05, 0.1) is 4.90 Å². The lowest BCUT2D eigenvalue weighted by atomic mass is 10.1. The van der Waals surface area contributed by atoms with Gasteiger partial charge in [0, 0.05) is 12.6 Å². The molecule has 1 fully saturated rings. The fourth-order valence-electron chi connectivity index (χ4n) is 1.81. The first-order valence-electron chi connectivity index (χ1n) is 5.76. The van der Waals surface area contributed by atoms with Crippen molar-refractivity contribution in [2.24, 2.45) is 11.7 Å². The average molecular weight is 254 g/mol. The molecule has 0 spiro atoms. The fraction of sp³-hybridized carbons (Fsp3) is 0.500. The Morgan fingerprint density at radius 2 is 2.12 bits per heavy atom. The largest absolute Gasteiger partial charge is 0.326 e. The van der Waals surface area contributed by atoms with Crippen LogP contribution in [0, 0.1) is 12.8 Å². The van der Waals surface area contributed by atoms with Crippen molar-refractivity contribution in [3.8, 4) is 0 Å². The van der Waals surface area contributed by atoms with Gasteiger partial charge in [-0.1, -0.05) is 19.1 Å². The zero-order valence-corrected chi connectivity index (χ0v) is 10.9. The van der Waals surface area contributed by atoms with E-state index < -0.39 is 10.0 Å². The van der Waals surface area contributed by atoms with Crippen LogP contribution in [-0.4, -0.2) is 14.5 Å². The van der Waals surface area contributed by atoms with E-state index in [9.17, 15) is 8.42 Å². The summed E-state index contributed by atoms with van der Waals surface area (Å²) < 4.78 is 27.1. The van der Waals surface area contributed by atoms with Crippen molar-refractivity contribution in [2.45, 2.75) is 37.8 Å². The highest BCUT2D eigenvalue weighted by Crippen LogP contribution is 2.31. The van der Waals surface area contributed by atoms with Gasteiger partial charge in [-0.25, -0.2) is 13.1 Å². The molecule has 4 nitrogen and oxygen atoms in total. The van der Waals surface area contributed by atoms with Gasteiger partial charge in [-0.05, 0) is 36.5 Å². The van der Waals surface area contributed by atoms with Gasteiger partial charge in [0.15, 0.2) is 0 Å². The van der Waals surface area contributed by atoms with Crippen LogP contribution in [0.3, 0.4) is 0 Å². The van der Waals surface area contributed by atoms with Gasteiger partial charge in [-0.15, -0.1) is 0 Å². The van der Waals surface area contributed by atoms with E-state index in [1.807, 2.05) is 13.0 Å². The van der Waals surface area contributed by atoms with Crippen molar-refractivity contribution in [3.63, 3.8) is 0 Å². The Balaban J connectivity index is 2.31. The predicted octanol–water partition coefficient (Wildman–Crippen LogP) is 1.14. The summed E-state index contributed by atoms with van der Waals surface area (Å²) in [6.07, 6.45) is 0.925. The molecule has 2 rings (SSSR count). The molecule has 0 bridgehead atoms. The van der Waals surface area contributed by atoms with E-state index in [1.165, 1.54) is 0 Å². The summed E-state index contributed by atoms with van der Waals surface area (Å²) in [5.41, 5.74) is 7.12. The molecule has 1 aliphatic rings. The first kappa shape index (κ1) is 12.5. The smallest absolute Gasteiger partial charge is 0.241 e. The molecule has 0 heterocycles. The van der Waals surface area contributed by atoms with Gasteiger partial charge in [0.2, 0.25) is 10.0 Å². The highest BCUT2D eigenvalue weighted by Gasteiger charge is 2.36. The maximum absolute atomic E-state index is 12.2. The Hall–Kier alpha value is -0.910. The molecule has 1 saturated carbocycles. The van der Waals surface area contributed by atoms with Crippen LogP contribution in [0.25, 0.3) is 0 Å². The zero-order chi connectivity index (χ0) is 12.6. The lowest BCUT2D eigenvalue weighted by Crippen LogP contribution is -2.27. The van der Waals surface area contributed by atoms with Crippen molar-refractivity contribution in [2.75, 3.05) is 0 Å². The van der Waals surface area contributed by atoms with Crippen LogP contribution in [0.5, 0.6) is 0 Å². The molecule has 1 aromatic carbocycles. The molecule has 1 aromatic rings. The number of benzene rings is 1. The molecular formula is C12H18N2O2S. The van der Waals surface area contributed by atoms with Gasteiger partial charge in [-0.3, -0.25) is 0 Å². The minimum atomic E-state index is -3.40. The van der Waals surface area contributed by atoms with Gasteiger partial charge in [-0.2, -0.15) is 0 Å². The van der Waals surface area contributed by atoms with Gasteiger partial charge < -0.3 is 5.73 Å². The van der Waals surface area contributed by atoms with Gasteiger partial charge in [0.25, 0.3) is 0 Å². The van der Waals surface area contributed by atoms with Crippen molar-refractivity contribution in [1.29, 1.82) is 0 Å². The Bertz CT molecular complexity index is 525. The molecule has 0 radical (unpaired) electrons. The van der Waals surface area contributed by atoms with E-state index in [1.54, 1.807) is 19.1 Å². The molecule has 0 amide bonds. The van der Waals surface area contributed by atoms with E-state index in [0.717, 1.165) is 17.5 Å². The molecule has 5 heteroatoms. The van der Waals surface area contributed by atoms with Crippen molar-refractivity contribution >= 4 is 10.0 Å². The van der Waals surface area contributed by atoms with Gasteiger partial charge >= 0.3 is 0 Å². The van der Waals surface area contributed by atoms with Crippen LogP contribution in [0.15, 0.2) is 23.1 Å². The summed E-state index contributed by atoms with van der Waals surface area (Å²) in [5, 5.41) is 0.